The number of nitrogens with zero attached hydrogens (tertiary/aromatic N) is 2. The molecule has 6 nitrogen and oxygen atoms in total. The first-order valence-corrected chi connectivity index (χ1v) is 8.13. The van der Waals surface area contributed by atoms with Crippen molar-refractivity contribution in [2.24, 2.45) is 5.73 Å². The van der Waals surface area contributed by atoms with E-state index in [1.807, 2.05) is 47.9 Å². The van der Waals surface area contributed by atoms with E-state index in [4.69, 9.17) is 15.0 Å². The van der Waals surface area contributed by atoms with Gasteiger partial charge in [-0.15, -0.1) is 0 Å². The molecular formula is C19H21N3O3. The van der Waals surface area contributed by atoms with Crippen LogP contribution in [-0.4, -0.2) is 29.3 Å². The normalized spacial score (nSPS) is 11.0. The molecule has 2 N–H and O–H groups in total. The second-order valence-corrected chi connectivity index (χ2v) is 5.83. The van der Waals surface area contributed by atoms with E-state index in [-0.39, 0.29) is 0 Å². The van der Waals surface area contributed by atoms with Crippen LogP contribution in [-0.2, 0) is 11.3 Å². The summed E-state index contributed by atoms with van der Waals surface area (Å²) in [6.07, 6.45) is 0.820. The summed E-state index contributed by atoms with van der Waals surface area (Å²) in [5, 5.41) is 4.19. The Morgan fingerprint density at radius 1 is 1.28 bits per heavy atom. The number of benzene rings is 1. The van der Waals surface area contributed by atoms with Crippen molar-refractivity contribution in [2.45, 2.75) is 19.9 Å². The van der Waals surface area contributed by atoms with Crippen molar-refractivity contribution < 1.29 is 14.1 Å². The number of hydrogen-bond acceptors (Lipinski definition) is 4. The SMILES string of the molecule is COCCCn1c(-c2cc(-c3ccccc3)on2)cc(C(N)=O)c1C. The Kier molecular flexibility index (Phi) is 5.00. The number of carbonyl (C=O) groups is 1. The molecular weight excluding hydrogens is 318 g/mol. The average Bonchev–Trinajstić information content (AvgIpc) is 3.21. The Hall–Kier alpha value is -2.86. The number of amides is 1. The molecule has 1 aromatic carbocycles. The average molecular weight is 339 g/mol. The van der Waals surface area contributed by atoms with Crippen molar-refractivity contribution in [2.75, 3.05) is 13.7 Å². The third-order valence-corrected chi connectivity index (χ3v) is 4.19. The van der Waals surface area contributed by atoms with Crippen molar-refractivity contribution in [1.29, 1.82) is 0 Å². The highest BCUT2D eigenvalue weighted by Gasteiger charge is 2.19. The van der Waals surface area contributed by atoms with Gasteiger partial charge in [0, 0.05) is 37.6 Å². The monoisotopic (exact) mass is 339 g/mol. The summed E-state index contributed by atoms with van der Waals surface area (Å²) < 4.78 is 12.7. The maximum absolute atomic E-state index is 11.7. The highest BCUT2D eigenvalue weighted by atomic mass is 16.5. The van der Waals surface area contributed by atoms with Gasteiger partial charge in [-0.05, 0) is 19.4 Å². The van der Waals surface area contributed by atoms with Crippen LogP contribution in [0, 0.1) is 6.92 Å². The van der Waals surface area contributed by atoms with Gasteiger partial charge in [0.25, 0.3) is 5.91 Å². The number of ether oxygens (including phenoxy) is 1. The van der Waals surface area contributed by atoms with Crippen LogP contribution in [0.3, 0.4) is 0 Å². The maximum atomic E-state index is 11.7. The molecule has 0 saturated carbocycles. The van der Waals surface area contributed by atoms with E-state index >= 15 is 0 Å². The molecule has 0 fully saturated rings. The standard InChI is InChI=1S/C19H21N3O3/c1-13-15(19(20)23)11-17(22(13)9-6-10-24-2)16-12-18(25-21-16)14-7-4-3-5-8-14/h3-5,7-8,11-12H,6,9-10H2,1-2H3,(H2,20,23). The summed E-state index contributed by atoms with van der Waals surface area (Å²) >= 11 is 0. The summed E-state index contributed by atoms with van der Waals surface area (Å²) in [5.41, 5.74) is 9.26. The molecule has 0 saturated heterocycles. The lowest BCUT2D eigenvalue weighted by Gasteiger charge is -2.09. The van der Waals surface area contributed by atoms with Gasteiger partial charge in [-0.3, -0.25) is 4.79 Å². The smallest absolute Gasteiger partial charge is 0.250 e. The molecule has 0 spiro atoms. The number of nitrogens with two attached hydrogens (primary N) is 1. The fourth-order valence-electron chi connectivity index (χ4n) is 2.90. The lowest BCUT2D eigenvalue weighted by atomic mass is 10.1. The Labute approximate surface area is 146 Å². The van der Waals surface area contributed by atoms with Gasteiger partial charge in [-0.2, -0.15) is 0 Å². The minimum atomic E-state index is -0.448. The van der Waals surface area contributed by atoms with Gasteiger partial charge in [0.05, 0.1) is 11.3 Å². The van der Waals surface area contributed by atoms with Crippen molar-refractivity contribution >= 4 is 5.91 Å². The minimum absolute atomic E-state index is 0.448. The van der Waals surface area contributed by atoms with E-state index in [9.17, 15) is 4.79 Å². The Morgan fingerprint density at radius 3 is 2.72 bits per heavy atom. The van der Waals surface area contributed by atoms with Crippen LogP contribution in [0.2, 0.25) is 0 Å². The third kappa shape index (κ3) is 3.49. The van der Waals surface area contributed by atoms with E-state index in [1.54, 1.807) is 13.2 Å². The Bertz CT molecular complexity index is 865. The number of carbonyl (C=O) groups excluding carboxylic acids is 1. The Morgan fingerprint density at radius 2 is 2.04 bits per heavy atom. The highest BCUT2D eigenvalue weighted by molar-refractivity contribution is 5.95. The molecule has 25 heavy (non-hydrogen) atoms. The first-order chi connectivity index (χ1) is 12.1. The van der Waals surface area contributed by atoms with Crippen molar-refractivity contribution in [3.8, 4) is 22.7 Å². The van der Waals surface area contributed by atoms with Crippen molar-refractivity contribution in [3.05, 3.63) is 53.7 Å². The van der Waals surface area contributed by atoms with Crippen LogP contribution < -0.4 is 5.73 Å². The largest absolute Gasteiger partial charge is 0.385 e. The molecule has 3 rings (SSSR count). The van der Waals surface area contributed by atoms with Crippen molar-refractivity contribution in [3.63, 3.8) is 0 Å². The lowest BCUT2D eigenvalue weighted by molar-refractivity contribution is 0.0999. The molecule has 0 unspecified atom stereocenters. The van der Waals surface area contributed by atoms with E-state index in [0.29, 0.717) is 30.2 Å². The zero-order valence-electron chi connectivity index (χ0n) is 14.4. The van der Waals surface area contributed by atoms with Crippen LogP contribution in [0.5, 0.6) is 0 Å². The first-order valence-electron chi connectivity index (χ1n) is 8.13. The maximum Gasteiger partial charge on any atom is 0.250 e. The zero-order valence-corrected chi connectivity index (χ0v) is 14.4. The number of primary amides is 1. The highest BCUT2D eigenvalue weighted by Crippen LogP contribution is 2.29. The molecule has 0 aliphatic carbocycles. The molecule has 130 valence electrons. The van der Waals surface area contributed by atoms with Gasteiger partial charge in [-0.1, -0.05) is 35.5 Å². The van der Waals surface area contributed by atoms with Gasteiger partial charge in [0.15, 0.2) is 5.76 Å². The van der Waals surface area contributed by atoms with Crippen LogP contribution in [0.4, 0.5) is 0 Å². The van der Waals surface area contributed by atoms with E-state index in [1.165, 1.54) is 0 Å². The first kappa shape index (κ1) is 17.0. The lowest BCUT2D eigenvalue weighted by Crippen LogP contribution is -2.13. The van der Waals surface area contributed by atoms with Crippen LogP contribution in [0.1, 0.15) is 22.5 Å². The Balaban J connectivity index is 1.99. The molecule has 0 aliphatic rings. The summed E-state index contributed by atoms with van der Waals surface area (Å²) in [6, 6.07) is 13.4. The number of hydrogen-bond donors (Lipinski definition) is 1. The van der Waals surface area contributed by atoms with Gasteiger partial charge in [-0.25, -0.2) is 0 Å². The summed E-state index contributed by atoms with van der Waals surface area (Å²) in [5.74, 6) is 0.231. The van der Waals surface area contributed by atoms with Gasteiger partial charge in [0.1, 0.15) is 5.69 Å². The van der Waals surface area contributed by atoms with Gasteiger partial charge < -0.3 is 19.6 Å². The molecule has 0 radical (unpaired) electrons. The predicted octanol–water partition coefficient (Wildman–Crippen LogP) is 3.25. The quantitative estimate of drug-likeness (QED) is 0.670. The molecule has 2 heterocycles. The molecule has 0 atom stereocenters. The molecule has 0 aliphatic heterocycles. The summed E-state index contributed by atoms with van der Waals surface area (Å²) in [7, 11) is 1.67. The minimum Gasteiger partial charge on any atom is -0.385 e. The molecule has 2 aromatic heterocycles. The zero-order chi connectivity index (χ0) is 17.8. The van der Waals surface area contributed by atoms with Gasteiger partial charge in [0.2, 0.25) is 0 Å². The van der Waals surface area contributed by atoms with E-state index in [2.05, 4.69) is 5.16 Å². The number of aromatic nitrogens is 2. The second kappa shape index (κ2) is 7.36. The fraction of sp³-hybridized carbons (Fsp3) is 0.263. The second-order valence-electron chi connectivity index (χ2n) is 5.83. The molecule has 1 amide bonds. The topological polar surface area (TPSA) is 83.3 Å². The molecule has 3 aromatic rings. The van der Waals surface area contributed by atoms with Crippen LogP contribution in [0.15, 0.2) is 47.0 Å². The number of methoxy groups -OCH3 is 1. The number of rotatable bonds is 7. The van der Waals surface area contributed by atoms with Gasteiger partial charge >= 0.3 is 0 Å². The van der Waals surface area contributed by atoms with Crippen molar-refractivity contribution in [1.82, 2.24) is 9.72 Å². The predicted molar refractivity (Wildman–Crippen MR) is 95.1 cm³/mol. The van der Waals surface area contributed by atoms with Crippen LogP contribution in [0.25, 0.3) is 22.7 Å². The summed E-state index contributed by atoms with van der Waals surface area (Å²) in [4.78, 5) is 11.7. The van der Waals surface area contributed by atoms with Crippen LogP contribution >= 0.6 is 0 Å². The summed E-state index contributed by atoms with van der Waals surface area (Å²) in [6.45, 7) is 3.22. The van der Waals surface area contributed by atoms with E-state index < -0.39 is 5.91 Å². The third-order valence-electron chi connectivity index (χ3n) is 4.19. The molecule has 0 bridgehead atoms. The van der Waals surface area contributed by atoms with E-state index in [0.717, 1.165) is 23.4 Å². The fourth-order valence-corrected chi connectivity index (χ4v) is 2.90. The molecule has 6 heteroatoms.